The van der Waals surface area contributed by atoms with Gasteiger partial charge < -0.3 is 23.8 Å². The van der Waals surface area contributed by atoms with Gasteiger partial charge in [0.25, 0.3) is 0 Å². The van der Waals surface area contributed by atoms with Gasteiger partial charge >= 0.3 is 0 Å². The van der Waals surface area contributed by atoms with Crippen LogP contribution in [0.15, 0.2) is 36.4 Å². The highest BCUT2D eigenvalue weighted by molar-refractivity contribution is 8.23. The molecular formula is C21H26N2O4S2. The van der Waals surface area contributed by atoms with Crippen LogP contribution >= 0.6 is 24.0 Å². The molecule has 0 radical (unpaired) electrons. The van der Waals surface area contributed by atoms with Crippen LogP contribution < -0.4 is 18.9 Å². The first-order chi connectivity index (χ1) is 14.0. The summed E-state index contributed by atoms with van der Waals surface area (Å²) in [4.78, 5) is 4.31. The number of thiocarbonyl (C=S) groups is 1. The second-order valence-corrected chi connectivity index (χ2v) is 8.27. The van der Waals surface area contributed by atoms with Gasteiger partial charge in [-0.15, -0.1) is 0 Å². The molecule has 0 spiro atoms. The van der Waals surface area contributed by atoms with Gasteiger partial charge in [0.1, 0.15) is 10.5 Å². The maximum atomic E-state index is 5.74. The van der Waals surface area contributed by atoms with Crippen molar-refractivity contribution in [3.8, 4) is 23.0 Å². The Kier molecular flexibility index (Phi) is 6.77. The number of ether oxygens (including phenoxy) is 4. The van der Waals surface area contributed by atoms with Gasteiger partial charge in [-0.25, -0.2) is 0 Å². The summed E-state index contributed by atoms with van der Waals surface area (Å²) in [5.41, 5.74) is 1.98. The molecule has 0 aliphatic carbocycles. The van der Waals surface area contributed by atoms with Crippen molar-refractivity contribution in [3.05, 3.63) is 47.5 Å². The first-order valence-electron chi connectivity index (χ1n) is 9.05. The lowest BCUT2D eigenvalue weighted by Gasteiger charge is -2.46. The third-order valence-electron chi connectivity index (χ3n) is 5.03. The van der Waals surface area contributed by atoms with E-state index in [-0.39, 0.29) is 11.5 Å². The Labute approximate surface area is 181 Å². The Morgan fingerprint density at radius 1 is 0.793 bits per heavy atom. The third kappa shape index (κ3) is 3.84. The molecule has 3 rings (SSSR count). The van der Waals surface area contributed by atoms with Crippen molar-refractivity contribution >= 4 is 28.3 Å². The number of hydrogen-bond donors (Lipinski definition) is 0. The summed E-state index contributed by atoms with van der Waals surface area (Å²) in [6, 6.07) is 11.8. The molecular weight excluding hydrogens is 408 g/mol. The zero-order valence-electron chi connectivity index (χ0n) is 17.5. The van der Waals surface area contributed by atoms with E-state index in [4.69, 9.17) is 31.2 Å². The summed E-state index contributed by atoms with van der Waals surface area (Å²) in [6.07, 6.45) is -0.144. The predicted molar refractivity (Wildman–Crippen MR) is 120 cm³/mol. The Morgan fingerprint density at radius 3 is 1.83 bits per heavy atom. The molecule has 0 N–H and O–H groups in total. The number of para-hydroxylation sites is 2. The van der Waals surface area contributed by atoms with E-state index in [1.165, 1.54) is 0 Å². The van der Waals surface area contributed by atoms with E-state index in [0.29, 0.717) is 23.0 Å². The number of hydrogen-bond acceptors (Lipinski definition) is 7. The van der Waals surface area contributed by atoms with Gasteiger partial charge in [0.2, 0.25) is 0 Å². The molecule has 1 fully saturated rings. The normalized spacial score (nSPS) is 19.8. The standard InChI is InChI=1S/C21H26N2O4S2/c1-22-19(13-9-7-11-15(24-3)17(13)26-5)23(2)21(28)29-20(22)14-10-8-12-16(25-4)18(14)27-6/h7-12,19-20H,1-6H3. The maximum absolute atomic E-state index is 5.74. The van der Waals surface area contributed by atoms with Crippen molar-refractivity contribution in [2.45, 2.75) is 11.5 Å². The molecule has 0 aromatic heterocycles. The molecule has 2 aromatic rings. The molecule has 1 saturated heterocycles. The van der Waals surface area contributed by atoms with Crippen molar-refractivity contribution in [2.75, 3.05) is 42.5 Å². The first kappa shape index (κ1) is 21.5. The lowest BCUT2D eigenvalue weighted by atomic mass is 10.1. The molecule has 2 aromatic carbocycles. The number of thioether (sulfide) groups is 1. The highest BCUT2D eigenvalue weighted by Crippen LogP contribution is 2.51. The SMILES string of the molecule is COc1cccc(C2SC(=S)N(C)C(c3cccc(OC)c3OC)N2C)c1OC. The van der Waals surface area contributed by atoms with Crippen LogP contribution in [-0.4, -0.2) is 56.7 Å². The second kappa shape index (κ2) is 9.11. The van der Waals surface area contributed by atoms with E-state index >= 15 is 0 Å². The zero-order valence-corrected chi connectivity index (χ0v) is 19.1. The Bertz CT molecular complexity index is 893. The van der Waals surface area contributed by atoms with Crippen molar-refractivity contribution in [1.82, 2.24) is 9.80 Å². The Hall–Kier alpha value is -2.16. The monoisotopic (exact) mass is 434 g/mol. The molecule has 0 amide bonds. The van der Waals surface area contributed by atoms with Crippen LogP contribution in [-0.2, 0) is 0 Å². The molecule has 1 aliphatic rings. The summed E-state index contributed by atoms with van der Waals surface area (Å²) in [6.45, 7) is 0. The van der Waals surface area contributed by atoms with E-state index in [9.17, 15) is 0 Å². The van der Waals surface area contributed by atoms with E-state index < -0.39 is 0 Å². The molecule has 8 heteroatoms. The third-order valence-corrected chi connectivity index (χ3v) is 6.91. The van der Waals surface area contributed by atoms with Gasteiger partial charge in [0.15, 0.2) is 23.0 Å². The van der Waals surface area contributed by atoms with Crippen LogP contribution in [0.5, 0.6) is 23.0 Å². The molecule has 1 heterocycles. The number of methoxy groups -OCH3 is 4. The Balaban J connectivity index is 2.11. The zero-order chi connectivity index (χ0) is 21.1. The minimum Gasteiger partial charge on any atom is -0.493 e. The number of rotatable bonds is 6. The smallest absolute Gasteiger partial charge is 0.167 e. The minimum atomic E-state index is -0.144. The van der Waals surface area contributed by atoms with Gasteiger partial charge in [-0.2, -0.15) is 0 Å². The van der Waals surface area contributed by atoms with E-state index in [1.54, 1.807) is 40.2 Å². The lowest BCUT2D eigenvalue weighted by Crippen LogP contribution is -2.45. The van der Waals surface area contributed by atoms with Crippen molar-refractivity contribution in [1.29, 1.82) is 0 Å². The second-order valence-electron chi connectivity index (χ2n) is 6.55. The molecule has 1 aliphatic heterocycles. The lowest BCUT2D eigenvalue weighted by molar-refractivity contribution is 0.118. The average Bonchev–Trinajstić information content (AvgIpc) is 2.75. The average molecular weight is 435 g/mol. The van der Waals surface area contributed by atoms with E-state index in [0.717, 1.165) is 15.4 Å². The van der Waals surface area contributed by atoms with Crippen molar-refractivity contribution in [3.63, 3.8) is 0 Å². The first-order valence-corrected chi connectivity index (χ1v) is 10.3. The van der Waals surface area contributed by atoms with Crippen LogP contribution in [0.3, 0.4) is 0 Å². The highest BCUT2D eigenvalue weighted by atomic mass is 32.2. The molecule has 29 heavy (non-hydrogen) atoms. The Morgan fingerprint density at radius 2 is 1.31 bits per heavy atom. The van der Waals surface area contributed by atoms with Crippen LogP contribution in [0.1, 0.15) is 22.7 Å². The molecule has 6 nitrogen and oxygen atoms in total. The summed E-state index contributed by atoms with van der Waals surface area (Å²) in [5, 5.41) is -0.0651. The van der Waals surface area contributed by atoms with E-state index in [1.807, 2.05) is 43.4 Å². The fraction of sp³-hybridized carbons (Fsp3) is 0.381. The molecule has 156 valence electrons. The van der Waals surface area contributed by atoms with Crippen molar-refractivity contribution in [2.24, 2.45) is 0 Å². The van der Waals surface area contributed by atoms with Gasteiger partial charge in [-0.1, -0.05) is 48.2 Å². The van der Waals surface area contributed by atoms with Crippen LogP contribution in [0.2, 0.25) is 0 Å². The summed E-state index contributed by atoms with van der Waals surface area (Å²) in [7, 11) is 10.6. The number of benzene rings is 2. The highest BCUT2D eigenvalue weighted by Gasteiger charge is 2.39. The number of nitrogens with zero attached hydrogens (tertiary/aromatic N) is 2. The summed E-state index contributed by atoms with van der Waals surface area (Å²) in [5.74, 6) is 2.79. The van der Waals surface area contributed by atoms with Gasteiger partial charge in [-0.3, -0.25) is 4.90 Å². The largest absolute Gasteiger partial charge is 0.493 e. The summed E-state index contributed by atoms with van der Waals surface area (Å²) < 4.78 is 23.2. The maximum Gasteiger partial charge on any atom is 0.167 e. The van der Waals surface area contributed by atoms with Crippen LogP contribution in [0.25, 0.3) is 0 Å². The van der Waals surface area contributed by atoms with Crippen molar-refractivity contribution < 1.29 is 18.9 Å². The minimum absolute atomic E-state index is 0.0651. The molecule has 2 unspecified atom stereocenters. The fourth-order valence-electron chi connectivity index (χ4n) is 3.70. The summed E-state index contributed by atoms with van der Waals surface area (Å²) >= 11 is 7.34. The van der Waals surface area contributed by atoms with Gasteiger partial charge in [0.05, 0.1) is 33.8 Å². The molecule has 2 atom stereocenters. The topological polar surface area (TPSA) is 43.4 Å². The quantitative estimate of drug-likeness (QED) is 0.623. The van der Waals surface area contributed by atoms with Gasteiger partial charge in [0, 0.05) is 18.2 Å². The van der Waals surface area contributed by atoms with Crippen LogP contribution in [0.4, 0.5) is 0 Å². The predicted octanol–water partition coefficient (Wildman–Crippen LogP) is 4.31. The fourth-order valence-corrected chi connectivity index (χ4v) is 5.12. The van der Waals surface area contributed by atoms with E-state index in [2.05, 4.69) is 16.8 Å². The van der Waals surface area contributed by atoms with Crippen LogP contribution in [0, 0.1) is 0 Å². The van der Waals surface area contributed by atoms with Gasteiger partial charge in [-0.05, 0) is 19.2 Å². The molecule has 0 bridgehead atoms. The molecule has 0 saturated carbocycles.